The number of thiazole rings is 1. The van der Waals surface area contributed by atoms with Gasteiger partial charge in [0.1, 0.15) is 12.1 Å². The first-order valence-electron chi connectivity index (χ1n) is 13.4. The molecule has 1 aromatic carbocycles. The molecule has 1 aliphatic rings. The van der Waals surface area contributed by atoms with Gasteiger partial charge in [0.15, 0.2) is 0 Å². The van der Waals surface area contributed by atoms with Gasteiger partial charge in [0.25, 0.3) is 0 Å². The number of carbonyl (C=O) groups is 3. The number of hydrogen-bond acceptors (Lipinski definition) is 6. The van der Waals surface area contributed by atoms with Crippen molar-refractivity contribution in [3.8, 4) is 10.4 Å². The highest BCUT2D eigenvalue weighted by Gasteiger charge is 2.44. The van der Waals surface area contributed by atoms with Gasteiger partial charge < -0.3 is 20.6 Å². The Labute approximate surface area is 230 Å². The topological polar surface area (TPSA) is 112 Å². The number of aromatic nitrogens is 1. The van der Waals surface area contributed by atoms with Crippen LogP contribution in [-0.4, -0.2) is 57.4 Å². The second kappa shape index (κ2) is 12.4. The van der Waals surface area contributed by atoms with E-state index in [9.17, 15) is 19.5 Å². The summed E-state index contributed by atoms with van der Waals surface area (Å²) < 4.78 is 0. The summed E-state index contributed by atoms with van der Waals surface area (Å²) in [6.45, 7) is 13.7. The van der Waals surface area contributed by atoms with Gasteiger partial charge in [-0.1, -0.05) is 58.9 Å². The lowest BCUT2D eigenvalue weighted by Gasteiger charge is -2.35. The van der Waals surface area contributed by atoms with Crippen molar-refractivity contribution in [2.45, 2.75) is 92.0 Å². The van der Waals surface area contributed by atoms with Crippen molar-refractivity contribution < 1.29 is 19.5 Å². The molecular formula is C29H42N4O4S. The summed E-state index contributed by atoms with van der Waals surface area (Å²) in [7, 11) is 0. The highest BCUT2D eigenvalue weighted by atomic mass is 32.1. The molecule has 1 unspecified atom stereocenters. The Hall–Kier alpha value is -2.78. The maximum atomic E-state index is 13.7. The van der Waals surface area contributed by atoms with Gasteiger partial charge in [0.2, 0.25) is 17.7 Å². The number of β-amino-alcohol motifs (C(OH)–C–C–N with tert-alkyl or cyclic N) is 1. The first-order chi connectivity index (χ1) is 17.8. The molecule has 208 valence electrons. The van der Waals surface area contributed by atoms with Crippen LogP contribution in [0.2, 0.25) is 0 Å². The highest BCUT2D eigenvalue weighted by Crippen LogP contribution is 2.29. The summed E-state index contributed by atoms with van der Waals surface area (Å²) in [5, 5.41) is 16.3. The summed E-state index contributed by atoms with van der Waals surface area (Å²) >= 11 is 1.59. The Morgan fingerprint density at radius 3 is 2.34 bits per heavy atom. The molecule has 38 heavy (non-hydrogen) atoms. The average Bonchev–Trinajstić information content (AvgIpc) is 3.45. The quantitative estimate of drug-likeness (QED) is 0.439. The van der Waals surface area contributed by atoms with E-state index in [1.54, 1.807) is 11.3 Å². The molecule has 1 fully saturated rings. The zero-order valence-electron chi connectivity index (χ0n) is 23.6. The third kappa shape index (κ3) is 7.41. The van der Waals surface area contributed by atoms with Crippen LogP contribution in [0.15, 0.2) is 29.8 Å². The third-order valence-corrected chi connectivity index (χ3v) is 7.99. The van der Waals surface area contributed by atoms with E-state index in [-0.39, 0.29) is 36.7 Å². The molecule has 1 saturated heterocycles. The van der Waals surface area contributed by atoms with Gasteiger partial charge in [-0.15, -0.1) is 11.3 Å². The van der Waals surface area contributed by atoms with Crippen molar-refractivity contribution in [3.05, 3.63) is 41.0 Å². The van der Waals surface area contributed by atoms with E-state index in [4.69, 9.17) is 0 Å². The van der Waals surface area contributed by atoms with E-state index in [1.165, 1.54) is 4.90 Å². The molecule has 8 nitrogen and oxygen atoms in total. The number of nitrogens with one attached hydrogen (secondary N) is 2. The smallest absolute Gasteiger partial charge is 0.246 e. The van der Waals surface area contributed by atoms with E-state index >= 15 is 0 Å². The number of carbonyl (C=O) groups excluding carboxylic acids is 3. The first kappa shape index (κ1) is 29.8. The van der Waals surface area contributed by atoms with Crippen LogP contribution in [-0.2, 0) is 14.4 Å². The van der Waals surface area contributed by atoms with Gasteiger partial charge in [0, 0.05) is 19.4 Å². The molecule has 1 aromatic heterocycles. The average molecular weight is 543 g/mol. The number of aryl methyl sites for hydroxylation is 1. The normalized spacial score (nSPS) is 19.3. The fourth-order valence-corrected chi connectivity index (χ4v) is 5.48. The zero-order valence-corrected chi connectivity index (χ0v) is 24.4. The highest BCUT2D eigenvalue weighted by molar-refractivity contribution is 7.13. The summed E-state index contributed by atoms with van der Waals surface area (Å²) in [5.74, 6) is -0.465. The molecule has 2 aromatic rings. The SMILES string of the molecule is Cc1ncsc1-c1ccc([C@H](C)NC(=O)[C@@H]2C[C@@H](O)CN2C(=O)C(NC(=O)CCC(C)C)C(C)(C)C)cc1. The van der Waals surface area contributed by atoms with Gasteiger partial charge in [-0.25, -0.2) is 4.98 Å². The molecule has 3 N–H and O–H groups in total. The standard InChI is InChI=1S/C29H42N4O4S/c1-17(2)8-13-24(35)32-26(29(5,6)7)28(37)33-15-22(34)14-23(33)27(36)31-18(3)20-9-11-21(12-10-20)25-19(4)30-16-38-25/h9-12,16-18,22-23,26,34H,8,13-15H2,1-7H3,(H,31,36)(H,32,35)/t18-,22+,23-,26?/m0/s1. The van der Waals surface area contributed by atoms with Crippen LogP contribution in [0.1, 0.15) is 78.1 Å². The number of nitrogens with zero attached hydrogens (tertiary/aromatic N) is 2. The van der Waals surface area contributed by atoms with Crippen molar-refractivity contribution in [2.24, 2.45) is 11.3 Å². The molecule has 1 aliphatic heterocycles. The van der Waals surface area contributed by atoms with Crippen LogP contribution in [0.4, 0.5) is 0 Å². The fraction of sp³-hybridized carbons (Fsp3) is 0.586. The number of amides is 3. The number of aliphatic hydroxyl groups is 1. The molecule has 2 heterocycles. The summed E-state index contributed by atoms with van der Waals surface area (Å²) in [5.41, 5.74) is 4.26. The van der Waals surface area contributed by atoms with E-state index in [2.05, 4.69) is 15.6 Å². The number of hydrogen-bond donors (Lipinski definition) is 3. The molecule has 0 bridgehead atoms. The lowest BCUT2D eigenvalue weighted by Crippen LogP contribution is -2.57. The van der Waals surface area contributed by atoms with Crippen molar-refractivity contribution in [2.75, 3.05) is 6.54 Å². The molecule has 0 aliphatic carbocycles. The summed E-state index contributed by atoms with van der Waals surface area (Å²) in [6.07, 6.45) is 0.423. The van der Waals surface area contributed by atoms with E-state index < -0.39 is 23.6 Å². The van der Waals surface area contributed by atoms with Crippen molar-refractivity contribution in [3.63, 3.8) is 0 Å². The van der Waals surface area contributed by atoms with Crippen LogP contribution < -0.4 is 10.6 Å². The Morgan fingerprint density at radius 1 is 1.13 bits per heavy atom. The zero-order chi connectivity index (χ0) is 28.2. The van der Waals surface area contributed by atoms with Gasteiger partial charge in [-0.2, -0.15) is 0 Å². The summed E-state index contributed by atoms with van der Waals surface area (Å²) in [4.78, 5) is 46.5. The molecular weight excluding hydrogens is 500 g/mol. The lowest BCUT2D eigenvalue weighted by molar-refractivity contribution is -0.144. The Morgan fingerprint density at radius 2 is 1.79 bits per heavy atom. The number of rotatable bonds is 9. The monoisotopic (exact) mass is 542 g/mol. The third-order valence-electron chi connectivity index (χ3n) is 7.01. The molecule has 3 amide bonds. The first-order valence-corrected chi connectivity index (χ1v) is 14.2. The predicted molar refractivity (Wildman–Crippen MR) is 150 cm³/mol. The van der Waals surface area contributed by atoms with Gasteiger partial charge in [0.05, 0.1) is 28.2 Å². The molecule has 9 heteroatoms. The largest absolute Gasteiger partial charge is 0.391 e. The van der Waals surface area contributed by atoms with E-state index in [1.807, 2.05) is 78.2 Å². The van der Waals surface area contributed by atoms with Crippen LogP contribution in [0.3, 0.4) is 0 Å². The minimum atomic E-state index is -0.809. The number of benzene rings is 1. The van der Waals surface area contributed by atoms with Gasteiger partial charge in [-0.05, 0) is 42.7 Å². The maximum absolute atomic E-state index is 13.7. The number of likely N-dealkylation sites (tertiary alicyclic amines) is 1. The number of aliphatic hydroxyl groups excluding tert-OH is 1. The van der Waals surface area contributed by atoms with Crippen LogP contribution in [0.25, 0.3) is 10.4 Å². The van der Waals surface area contributed by atoms with Gasteiger partial charge >= 0.3 is 0 Å². The fourth-order valence-electron chi connectivity index (χ4n) is 4.67. The minimum Gasteiger partial charge on any atom is -0.391 e. The van der Waals surface area contributed by atoms with Crippen LogP contribution >= 0.6 is 11.3 Å². The Bertz CT molecular complexity index is 1120. The Kier molecular flexibility index (Phi) is 9.70. The molecule has 4 atom stereocenters. The summed E-state index contributed by atoms with van der Waals surface area (Å²) in [6, 6.07) is 6.09. The van der Waals surface area contributed by atoms with E-state index in [0.29, 0.717) is 12.3 Å². The van der Waals surface area contributed by atoms with Crippen LogP contribution in [0, 0.1) is 18.3 Å². The molecule has 3 rings (SSSR count). The van der Waals surface area contributed by atoms with E-state index in [0.717, 1.165) is 28.1 Å². The van der Waals surface area contributed by atoms with Gasteiger partial charge in [-0.3, -0.25) is 14.4 Å². The second-order valence-electron chi connectivity index (χ2n) is 11.8. The molecule has 0 radical (unpaired) electrons. The molecule has 0 saturated carbocycles. The van der Waals surface area contributed by atoms with Crippen molar-refractivity contribution >= 4 is 29.1 Å². The predicted octanol–water partition coefficient (Wildman–Crippen LogP) is 4.22. The lowest BCUT2D eigenvalue weighted by atomic mass is 9.85. The van der Waals surface area contributed by atoms with Crippen LogP contribution in [0.5, 0.6) is 0 Å². The van der Waals surface area contributed by atoms with Crippen molar-refractivity contribution in [1.82, 2.24) is 20.5 Å². The minimum absolute atomic E-state index is 0.0582. The molecule has 0 spiro atoms. The maximum Gasteiger partial charge on any atom is 0.246 e. The second-order valence-corrected chi connectivity index (χ2v) is 12.7. The van der Waals surface area contributed by atoms with Crippen molar-refractivity contribution in [1.29, 1.82) is 0 Å². The Balaban J connectivity index is 1.70.